The zero-order valence-electron chi connectivity index (χ0n) is 22.8. The van der Waals surface area contributed by atoms with Crippen molar-refractivity contribution in [1.29, 1.82) is 0 Å². The Bertz CT molecular complexity index is 1600. The SMILES string of the molecule is CC1(C)OB(c2cccc(-c3cc(-c4ccccc4-c4ccccc4)nc(-c4ccccc4)n3)c2)OC1(C)C. The van der Waals surface area contributed by atoms with Crippen molar-refractivity contribution in [3.8, 4) is 45.0 Å². The zero-order valence-corrected chi connectivity index (χ0v) is 22.8. The molecule has 5 aromatic rings. The molecule has 39 heavy (non-hydrogen) atoms. The maximum Gasteiger partial charge on any atom is 0.494 e. The van der Waals surface area contributed by atoms with Crippen LogP contribution >= 0.6 is 0 Å². The Morgan fingerprint density at radius 1 is 0.513 bits per heavy atom. The third kappa shape index (κ3) is 4.92. The minimum Gasteiger partial charge on any atom is -0.399 e. The van der Waals surface area contributed by atoms with E-state index < -0.39 is 18.3 Å². The fourth-order valence-electron chi connectivity index (χ4n) is 4.85. The Kier molecular flexibility index (Phi) is 6.42. The minimum atomic E-state index is -0.441. The molecule has 0 saturated carbocycles. The first-order valence-corrected chi connectivity index (χ1v) is 13.4. The molecule has 6 rings (SSSR count). The van der Waals surface area contributed by atoms with Gasteiger partial charge >= 0.3 is 7.12 Å². The summed E-state index contributed by atoms with van der Waals surface area (Å²) in [4.78, 5) is 10.1. The normalized spacial score (nSPS) is 15.8. The molecule has 192 valence electrons. The van der Waals surface area contributed by atoms with Crippen LogP contribution in [0.4, 0.5) is 0 Å². The smallest absolute Gasteiger partial charge is 0.399 e. The highest BCUT2D eigenvalue weighted by molar-refractivity contribution is 6.62. The van der Waals surface area contributed by atoms with Crippen molar-refractivity contribution in [3.63, 3.8) is 0 Å². The summed E-state index contributed by atoms with van der Waals surface area (Å²) < 4.78 is 12.7. The van der Waals surface area contributed by atoms with Gasteiger partial charge in [0.1, 0.15) is 0 Å². The number of hydrogen-bond acceptors (Lipinski definition) is 4. The van der Waals surface area contributed by atoms with E-state index in [4.69, 9.17) is 19.3 Å². The molecule has 1 aliphatic heterocycles. The maximum absolute atomic E-state index is 6.34. The number of rotatable bonds is 5. The molecule has 0 spiro atoms. The Morgan fingerprint density at radius 3 is 1.72 bits per heavy atom. The van der Waals surface area contributed by atoms with Crippen LogP contribution in [0.25, 0.3) is 45.0 Å². The Morgan fingerprint density at radius 2 is 1.05 bits per heavy atom. The van der Waals surface area contributed by atoms with E-state index in [1.165, 1.54) is 0 Å². The quantitative estimate of drug-likeness (QED) is 0.231. The molecule has 5 heteroatoms. The van der Waals surface area contributed by atoms with Crippen LogP contribution in [0.2, 0.25) is 0 Å². The molecular weight excluding hydrogens is 479 g/mol. The zero-order chi connectivity index (χ0) is 27.0. The van der Waals surface area contributed by atoms with Crippen molar-refractivity contribution in [2.24, 2.45) is 0 Å². The maximum atomic E-state index is 6.34. The molecule has 4 aromatic carbocycles. The third-order valence-corrected chi connectivity index (χ3v) is 7.75. The van der Waals surface area contributed by atoms with Crippen molar-refractivity contribution in [1.82, 2.24) is 9.97 Å². The van der Waals surface area contributed by atoms with Crippen LogP contribution in [-0.4, -0.2) is 28.3 Å². The van der Waals surface area contributed by atoms with Gasteiger partial charge in [0, 0.05) is 11.1 Å². The van der Waals surface area contributed by atoms with Crippen molar-refractivity contribution in [2.75, 3.05) is 0 Å². The van der Waals surface area contributed by atoms with Crippen molar-refractivity contribution >= 4 is 12.6 Å². The van der Waals surface area contributed by atoms with Crippen LogP contribution in [0.3, 0.4) is 0 Å². The summed E-state index contributed by atoms with van der Waals surface area (Å²) in [5.74, 6) is 0.687. The van der Waals surface area contributed by atoms with E-state index in [2.05, 4.69) is 100 Å². The van der Waals surface area contributed by atoms with Crippen LogP contribution in [0.5, 0.6) is 0 Å². The summed E-state index contributed by atoms with van der Waals surface area (Å²) in [7, 11) is -0.441. The molecular formula is C34H31BN2O2. The van der Waals surface area contributed by atoms with Gasteiger partial charge < -0.3 is 9.31 Å². The average Bonchev–Trinajstić information content (AvgIpc) is 3.20. The summed E-state index contributed by atoms with van der Waals surface area (Å²) in [6.07, 6.45) is 0. The molecule has 0 amide bonds. The first-order chi connectivity index (χ1) is 18.8. The van der Waals surface area contributed by atoms with Gasteiger partial charge in [-0.05, 0) is 55.9 Å². The third-order valence-electron chi connectivity index (χ3n) is 7.75. The summed E-state index contributed by atoms with van der Waals surface area (Å²) in [5, 5.41) is 0. The minimum absolute atomic E-state index is 0.405. The van der Waals surface area contributed by atoms with Crippen molar-refractivity contribution < 1.29 is 9.31 Å². The van der Waals surface area contributed by atoms with Gasteiger partial charge in [0.25, 0.3) is 0 Å². The molecule has 2 heterocycles. The standard InChI is InChI=1S/C34H31BN2O2/c1-33(2)34(3,4)39-35(38-33)27-19-13-18-26(22-27)30-23-31(37-32(36-30)25-16-9-6-10-17-25)29-21-12-11-20-28(29)24-14-7-5-8-15-24/h5-23H,1-4H3. The Labute approximate surface area is 230 Å². The lowest BCUT2D eigenvalue weighted by Crippen LogP contribution is -2.41. The largest absolute Gasteiger partial charge is 0.494 e. The molecule has 0 bridgehead atoms. The first kappa shape index (κ1) is 25.2. The van der Waals surface area contributed by atoms with E-state index in [0.717, 1.165) is 44.7 Å². The van der Waals surface area contributed by atoms with E-state index in [1.807, 2.05) is 42.5 Å². The van der Waals surface area contributed by atoms with Gasteiger partial charge in [0.05, 0.1) is 22.6 Å². The molecule has 0 aliphatic carbocycles. The van der Waals surface area contributed by atoms with Crippen LogP contribution < -0.4 is 5.46 Å². The number of benzene rings is 4. The molecule has 0 N–H and O–H groups in total. The summed E-state index contributed by atoms with van der Waals surface area (Å²) >= 11 is 0. The molecule has 0 atom stereocenters. The Balaban J connectivity index is 1.48. The van der Waals surface area contributed by atoms with E-state index in [9.17, 15) is 0 Å². The van der Waals surface area contributed by atoms with Crippen molar-refractivity contribution in [2.45, 2.75) is 38.9 Å². The van der Waals surface area contributed by atoms with Gasteiger partial charge in [-0.15, -0.1) is 0 Å². The number of aromatic nitrogens is 2. The highest BCUT2D eigenvalue weighted by atomic mass is 16.7. The second kappa shape index (κ2) is 9.92. The molecule has 1 fully saturated rings. The van der Waals surface area contributed by atoms with E-state index in [1.54, 1.807) is 0 Å². The summed E-state index contributed by atoms with van der Waals surface area (Å²) in [6, 6.07) is 39.3. The average molecular weight is 510 g/mol. The summed E-state index contributed by atoms with van der Waals surface area (Å²) in [5.41, 5.74) is 7.18. The van der Waals surface area contributed by atoms with Gasteiger partial charge in [0.15, 0.2) is 5.82 Å². The summed E-state index contributed by atoms with van der Waals surface area (Å²) in [6.45, 7) is 8.29. The second-order valence-corrected chi connectivity index (χ2v) is 11.0. The van der Waals surface area contributed by atoms with Gasteiger partial charge in [-0.3, -0.25) is 0 Å². The molecule has 0 radical (unpaired) electrons. The van der Waals surface area contributed by atoms with E-state index in [0.29, 0.717) is 5.82 Å². The lowest BCUT2D eigenvalue weighted by molar-refractivity contribution is 0.00578. The molecule has 1 saturated heterocycles. The lowest BCUT2D eigenvalue weighted by atomic mass is 9.78. The van der Waals surface area contributed by atoms with Crippen LogP contribution in [-0.2, 0) is 9.31 Å². The molecule has 1 aliphatic rings. The monoisotopic (exact) mass is 510 g/mol. The van der Waals surface area contributed by atoms with E-state index >= 15 is 0 Å². The number of hydrogen-bond donors (Lipinski definition) is 0. The highest BCUT2D eigenvalue weighted by Gasteiger charge is 2.51. The second-order valence-electron chi connectivity index (χ2n) is 11.0. The predicted octanol–water partition coefficient (Wildman–Crippen LogP) is 7.44. The topological polar surface area (TPSA) is 44.2 Å². The predicted molar refractivity (Wildman–Crippen MR) is 159 cm³/mol. The lowest BCUT2D eigenvalue weighted by Gasteiger charge is -2.32. The molecule has 4 nitrogen and oxygen atoms in total. The van der Waals surface area contributed by atoms with Crippen LogP contribution in [0.1, 0.15) is 27.7 Å². The molecule has 1 aromatic heterocycles. The Hall–Kier alpha value is -4.06. The van der Waals surface area contributed by atoms with Crippen LogP contribution in [0.15, 0.2) is 115 Å². The van der Waals surface area contributed by atoms with Crippen LogP contribution in [0, 0.1) is 0 Å². The van der Waals surface area contributed by atoms with Gasteiger partial charge in [-0.25, -0.2) is 9.97 Å². The number of nitrogens with zero attached hydrogens (tertiary/aromatic N) is 2. The molecule has 0 unspecified atom stereocenters. The fraction of sp³-hybridized carbons (Fsp3) is 0.176. The van der Waals surface area contributed by atoms with Gasteiger partial charge in [-0.2, -0.15) is 0 Å². The van der Waals surface area contributed by atoms with Gasteiger partial charge in [0.2, 0.25) is 0 Å². The van der Waals surface area contributed by atoms with E-state index in [-0.39, 0.29) is 0 Å². The highest BCUT2D eigenvalue weighted by Crippen LogP contribution is 2.37. The van der Waals surface area contributed by atoms with Gasteiger partial charge in [-0.1, -0.05) is 109 Å². The fourth-order valence-corrected chi connectivity index (χ4v) is 4.85. The first-order valence-electron chi connectivity index (χ1n) is 13.4. The van der Waals surface area contributed by atoms with Crippen molar-refractivity contribution in [3.05, 3.63) is 115 Å².